The third-order valence-electron chi connectivity index (χ3n) is 5.94. The van der Waals surface area contributed by atoms with Crippen molar-refractivity contribution in [3.8, 4) is 0 Å². The Labute approximate surface area is 191 Å². The first-order valence-electron chi connectivity index (χ1n) is 11.7. The molecule has 0 amide bonds. The summed E-state index contributed by atoms with van der Waals surface area (Å²) in [4.78, 5) is 7.35. The van der Waals surface area contributed by atoms with E-state index in [9.17, 15) is 0 Å². The lowest BCUT2D eigenvalue weighted by Crippen LogP contribution is -2.38. The second kappa shape index (κ2) is 10.6. The third-order valence-corrected chi connectivity index (χ3v) is 5.94. The van der Waals surface area contributed by atoms with Crippen LogP contribution in [0.3, 0.4) is 0 Å². The lowest BCUT2D eigenvalue weighted by molar-refractivity contribution is 0.134. The van der Waals surface area contributed by atoms with Gasteiger partial charge >= 0.3 is 0 Å². The van der Waals surface area contributed by atoms with Crippen molar-refractivity contribution in [1.29, 1.82) is 0 Å². The summed E-state index contributed by atoms with van der Waals surface area (Å²) >= 11 is 0. The molecule has 170 valence electrons. The van der Waals surface area contributed by atoms with Crippen LogP contribution in [0.25, 0.3) is 5.65 Å². The van der Waals surface area contributed by atoms with Gasteiger partial charge in [0.05, 0.1) is 13.1 Å². The van der Waals surface area contributed by atoms with Gasteiger partial charge in [0.25, 0.3) is 0 Å². The van der Waals surface area contributed by atoms with Gasteiger partial charge in [-0.1, -0.05) is 44.2 Å². The maximum Gasteiger partial charge on any atom is 0.191 e. The third kappa shape index (κ3) is 5.85. The summed E-state index contributed by atoms with van der Waals surface area (Å²) in [5, 5.41) is 15.2. The fourth-order valence-electron chi connectivity index (χ4n) is 4.62. The van der Waals surface area contributed by atoms with E-state index < -0.39 is 0 Å². The van der Waals surface area contributed by atoms with E-state index in [1.54, 1.807) is 0 Å². The maximum atomic E-state index is 4.75. The first-order chi connectivity index (χ1) is 15.6. The zero-order valence-electron chi connectivity index (χ0n) is 19.5. The van der Waals surface area contributed by atoms with Gasteiger partial charge in [0.1, 0.15) is 0 Å². The van der Waals surface area contributed by atoms with Gasteiger partial charge in [0, 0.05) is 32.4 Å². The summed E-state index contributed by atoms with van der Waals surface area (Å²) in [5.74, 6) is 3.22. The maximum absolute atomic E-state index is 4.75. The SMILES string of the molecule is CCNC(=NCc1ccc(CN2CC(C)CC(C)C2)cc1)NCc1nnc2ccccn12. The molecule has 3 heterocycles. The average molecular weight is 434 g/mol. The van der Waals surface area contributed by atoms with Crippen LogP contribution >= 0.6 is 0 Å². The molecule has 0 radical (unpaired) electrons. The number of likely N-dealkylation sites (tertiary alicyclic amines) is 1. The summed E-state index contributed by atoms with van der Waals surface area (Å²) in [6, 6.07) is 14.8. The van der Waals surface area contributed by atoms with Crippen molar-refractivity contribution in [2.45, 2.75) is 46.8 Å². The highest BCUT2D eigenvalue weighted by Crippen LogP contribution is 2.22. The van der Waals surface area contributed by atoms with E-state index in [-0.39, 0.29) is 0 Å². The fourth-order valence-corrected chi connectivity index (χ4v) is 4.62. The van der Waals surface area contributed by atoms with Crippen LogP contribution < -0.4 is 10.6 Å². The van der Waals surface area contributed by atoms with Crippen LogP contribution in [0.5, 0.6) is 0 Å². The number of fused-ring (bicyclic) bond motifs is 1. The van der Waals surface area contributed by atoms with Crippen molar-refractivity contribution in [3.05, 3.63) is 65.6 Å². The van der Waals surface area contributed by atoms with Crippen LogP contribution in [-0.4, -0.2) is 45.1 Å². The van der Waals surface area contributed by atoms with Crippen LogP contribution in [0.15, 0.2) is 53.7 Å². The molecule has 1 aromatic carbocycles. The zero-order valence-corrected chi connectivity index (χ0v) is 19.5. The summed E-state index contributed by atoms with van der Waals surface area (Å²) in [7, 11) is 0. The second-order valence-corrected chi connectivity index (χ2v) is 9.05. The van der Waals surface area contributed by atoms with E-state index in [4.69, 9.17) is 4.99 Å². The highest BCUT2D eigenvalue weighted by atomic mass is 15.3. The molecule has 4 rings (SSSR count). The van der Waals surface area contributed by atoms with E-state index in [0.29, 0.717) is 13.1 Å². The van der Waals surface area contributed by atoms with Gasteiger partial charge in [-0.25, -0.2) is 4.99 Å². The molecule has 7 heteroatoms. The van der Waals surface area contributed by atoms with Crippen molar-refractivity contribution < 1.29 is 0 Å². The summed E-state index contributed by atoms with van der Waals surface area (Å²) in [5.41, 5.74) is 3.43. The standard InChI is InChI=1S/C25H35N7/c1-4-26-25(28-15-24-30-29-23-7-5-6-12-32(23)24)27-14-21-8-10-22(11-9-21)18-31-16-19(2)13-20(3)17-31/h5-12,19-20H,4,13-18H2,1-3H3,(H2,26,27,28). The molecule has 2 unspecified atom stereocenters. The normalized spacial score (nSPS) is 19.9. The Kier molecular flexibility index (Phi) is 7.37. The minimum atomic E-state index is 0.558. The average Bonchev–Trinajstić information content (AvgIpc) is 3.19. The first-order valence-corrected chi connectivity index (χ1v) is 11.7. The topological polar surface area (TPSA) is 69.8 Å². The van der Waals surface area contributed by atoms with Gasteiger partial charge in [0.2, 0.25) is 0 Å². The largest absolute Gasteiger partial charge is 0.357 e. The van der Waals surface area contributed by atoms with Crippen LogP contribution in [-0.2, 0) is 19.6 Å². The van der Waals surface area contributed by atoms with Crippen molar-refractivity contribution in [1.82, 2.24) is 30.1 Å². The number of nitrogens with one attached hydrogen (secondary N) is 2. The molecule has 32 heavy (non-hydrogen) atoms. The smallest absolute Gasteiger partial charge is 0.191 e. The van der Waals surface area contributed by atoms with Gasteiger partial charge in [-0.05, 0) is 48.4 Å². The second-order valence-electron chi connectivity index (χ2n) is 9.05. The Morgan fingerprint density at radius 2 is 1.75 bits per heavy atom. The monoisotopic (exact) mass is 433 g/mol. The number of pyridine rings is 1. The summed E-state index contributed by atoms with van der Waals surface area (Å²) in [6.45, 7) is 12.2. The van der Waals surface area contributed by atoms with Gasteiger partial charge < -0.3 is 10.6 Å². The molecule has 0 bridgehead atoms. The lowest BCUT2D eigenvalue weighted by Gasteiger charge is -2.35. The molecule has 1 aliphatic rings. The quantitative estimate of drug-likeness (QED) is 0.441. The van der Waals surface area contributed by atoms with Crippen molar-refractivity contribution in [3.63, 3.8) is 0 Å². The Morgan fingerprint density at radius 1 is 1.00 bits per heavy atom. The van der Waals surface area contributed by atoms with Crippen molar-refractivity contribution in [2.75, 3.05) is 19.6 Å². The molecule has 1 saturated heterocycles. The van der Waals surface area contributed by atoms with Gasteiger partial charge in [0.15, 0.2) is 17.4 Å². The number of benzene rings is 1. The number of aliphatic imine (C=N–C) groups is 1. The van der Waals surface area contributed by atoms with E-state index in [1.165, 1.54) is 30.6 Å². The highest BCUT2D eigenvalue weighted by Gasteiger charge is 2.21. The molecule has 2 N–H and O–H groups in total. The van der Waals surface area contributed by atoms with Crippen molar-refractivity contribution in [2.24, 2.45) is 16.8 Å². The predicted octanol–water partition coefficient (Wildman–Crippen LogP) is 3.46. The molecule has 1 fully saturated rings. The Balaban J connectivity index is 1.33. The fraction of sp³-hybridized carbons (Fsp3) is 0.480. The van der Waals surface area contributed by atoms with Gasteiger partial charge in [-0.15, -0.1) is 10.2 Å². The number of hydrogen-bond donors (Lipinski definition) is 2. The number of guanidine groups is 1. The predicted molar refractivity (Wildman–Crippen MR) is 129 cm³/mol. The van der Waals surface area contributed by atoms with Crippen LogP contribution in [0.4, 0.5) is 0 Å². The molecule has 0 spiro atoms. The van der Waals surface area contributed by atoms with E-state index in [1.807, 2.05) is 28.8 Å². The molecule has 3 aromatic rings. The van der Waals surface area contributed by atoms with E-state index in [0.717, 1.165) is 42.4 Å². The minimum Gasteiger partial charge on any atom is -0.357 e. The Morgan fingerprint density at radius 3 is 2.50 bits per heavy atom. The molecule has 1 aliphatic heterocycles. The molecular weight excluding hydrogens is 398 g/mol. The Bertz CT molecular complexity index is 1010. The molecular formula is C25H35N7. The molecule has 0 saturated carbocycles. The lowest BCUT2D eigenvalue weighted by atomic mass is 9.91. The number of hydrogen-bond acceptors (Lipinski definition) is 4. The van der Waals surface area contributed by atoms with Crippen LogP contribution in [0.2, 0.25) is 0 Å². The van der Waals surface area contributed by atoms with Crippen LogP contribution in [0, 0.1) is 11.8 Å². The van der Waals surface area contributed by atoms with Crippen LogP contribution in [0.1, 0.15) is 44.1 Å². The van der Waals surface area contributed by atoms with E-state index in [2.05, 4.69) is 70.8 Å². The molecule has 2 aromatic heterocycles. The van der Waals surface area contributed by atoms with E-state index >= 15 is 0 Å². The number of aromatic nitrogens is 3. The number of piperidine rings is 1. The zero-order chi connectivity index (χ0) is 22.3. The molecule has 2 atom stereocenters. The number of rotatable bonds is 7. The highest BCUT2D eigenvalue weighted by molar-refractivity contribution is 5.79. The first kappa shape index (κ1) is 22.3. The minimum absolute atomic E-state index is 0.558. The van der Waals surface area contributed by atoms with Gasteiger partial charge in [-0.3, -0.25) is 9.30 Å². The molecule has 0 aliphatic carbocycles. The Hall–Kier alpha value is -2.93. The van der Waals surface area contributed by atoms with Gasteiger partial charge in [-0.2, -0.15) is 0 Å². The molecule has 7 nitrogen and oxygen atoms in total. The number of nitrogens with zero attached hydrogens (tertiary/aromatic N) is 5. The summed E-state index contributed by atoms with van der Waals surface area (Å²) < 4.78 is 1.99. The summed E-state index contributed by atoms with van der Waals surface area (Å²) in [6.07, 6.45) is 3.33. The van der Waals surface area contributed by atoms with Crippen molar-refractivity contribution >= 4 is 11.6 Å².